The first-order chi connectivity index (χ1) is 9.78. The molecule has 2 heterocycles. The molecular weight excluding hydrogens is 295 g/mol. The fourth-order valence-electron chi connectivity index (χ4n) is 1.89. The average molecular weight is 306 g/mol. The molecule has 0 aliphatic rings. The third-order valence-electron chi connectivity index (χ3n) is 2.83. The number of hydrogen-bond donors (Lipinski definition) is 0. The predicted octanol–water partition coefficient (Wildman–Crippen LogP) is 4.13. The molecule has 0 aliphatic carbocycles. The van der Waals surface area contributed by atoms with Crippen LogP contribution in [0.25, 0.3) is 10.2 Å². The maximum atomic E-state index is 13.3. The van der Waals surface area contributed by atoms with Crippen molar-refractivity contribution in [3.05, 3.63) is 47.4 Å². The van der Waals surface area contributed by atoms with Gasteiger partial charge < -0.3 is 4.74 Å². The number of fused-ring (bicyclic) bond motifs is 1. The summed E-state index contributed by atoms with van der Waals surface area (Å²) in [5.41, 5.74) is 0.819. The molecular formula is C14H11FN2OS2. The van der Waals surface area contributed by atoms with E-state index in [-0.39, 0.29) is 5.82 Å². The van der Waals surface area contributed by atoms with Crippen molar-refractivity contribution in [2.75, 3.05) is 7.11 Å². The van der Waals surface area contributed by atoms with E-state index in [1.165, 1.54) is 12.1 Å². The van der Waals surface area contributed by atoms with Gasteiger partial charge in [0.1, 0.15) is 27.8 Å². The molecule has 20 heavy (non-hydrogen) atoms. The van der Waals surface area contributed by atoms with Gasteiger partial charge in [0, 0.05) is 16.7 Å². The maximum Gasteiger partial charge on any atom is 0.127 e. The van der Waals surface area contributed by atoms with Crippen molar-refractivity contribution in [3.63, 3.8) is 0 Å². The molecule has 6 heteroatoms. The van der Waals surface area contributed by atoms with Gasteiger partial charge in [0.2, 0.25) is 0 Å². The molecule has 2 aromatic heterocycles. The molecule has 0 atom stereocenters. The second kappa shape index (κ2) is 5.76. The summed E-state index contributed by atoms with van der Waals surface area (Å²) < 4.78 is 18.6. The van der Waals surface area contributed by atoms with Gasteiger partial charge in [-0.1, -0.05) is 0 Å². The first-order valence-electron chi connectivity index (χ1n) is 5.91. The Kier molecular flexibility index (Phi) is 3.84. The number of nitrogens with zero attached hydrogens (tertiary/aromatic N) is 2. The van der Waals surface area contributed by atoms with E-state index in [2.05, 4.69) is 9.97 Å². The zero-order valence-electron chi connectivity index (χ0n) is 10.7. The Bertz CT molecular complexity index is 745. The quantitative estimate of drug-likeness (QED) is 0.536. The van der Waals surface area contributed by atoms with Crippen molar-refractivity contribution in [3.8, 4) is 5.75 Å². The summed E-state index contributed by atoms with van der Waals surface area (Å²) in [6, 6.07) is 6.54. The number of aromatic nitrogens is 2. The first kappa shape index (κ1) is 13.3. The summed E-state index contributed by atoms with van der Waals surface area (Å²) in [6.45, 7) is 0. The highest BCUT2D eigenvalue weighted by molar-refractivity contribution is 7.98. The second-order valence-corrected chi connectivity index (χ2v) is 5.92. The maximum absolute atomic E-state index is 13.3. The van der Waals surface area contributed by atoms with Gasteiger partial charge in [-0.05, 0) is 29.6 Å². The van der Waals surface area contributed by atoms with Crippen molar-refractivity contribution in [2.45, 2.75) is 10.8 Å². The monoisotopic (exact) mass is 306 g/mol. The van der Waals surface area contributed by atoms with Crippen LogP contribution in [0.5, 0.6) is 5.75 Å². The highest BCUT2D eigenvalue weighted by Crippen LogP contribution is 2.32. The Morgan fingerprint density at radius 2 is 2.20 bits per heavy atom. The minimum atomic E-state index is -0.259. The van der Waals surface area contributed by atoms with E-state index in [1.807, 2.05) is 11.4 Å². The molecule has 3 aromatic rings. The van der Waals surface area contributed by atoms with Crippen molar-refractivity contribution in [1.82, 2.24) is 9.97 Å². The Morgan fingerprint density at radius 1 is 1.30 bits per heavy atom. The SMILES string of the molecule is COc1ccc(F)cc1CSc1ncnc2sccc12. The fraction of sp³-hybridized carbons (Fsp3) is 0.143. The smallest absolute Gasteiger partial charge is 0.127 e. The molecule has 102 valence electrons. The molecule has 0 bridgehead atoms. The second-order valence-electron chi connectivity index (χ2n) is 4.06. The Balaban J connectivity index is 1.86. The molecule has 0 saturated carbocycles. The number of ether oxygens (including phenoxy) is 1. The Labute approximate surface area is 123 Å². The fourth-order valence-corrected chi connectivity index (χ4v) is 3.65. The van der Waals surface area contributed by atoms with Gasteiger partial charge in [0.25, 0.3) is 0 Å². The summed E-state index contributed by atoms with van der Waals surface area (Å²) >= 11 is 3.14. The molecule has 1 aromatic carbocycles. The zero-order chi connectivity index (χ0) is 13.9. The molecule has 0 amide bonds. The van der Waals surface area contributed by atoms with Crippen LogP contribution in [0.1, 0.15) is 5.56 Å². The van der Waals surface area contributed by atoms with Crippen LogP contribution in [0, 0.1) is 5.82 Å². The van der Waals surface area contributed by atoms with Crippen LogP contribution in [0.4, 0.5) is 4.39 Å². The van der Waals surface area contributed by atoms with Crippen LogP contribution in [0.2, 0.25) is 0 Å². The van der Waals surface area contributed by atoms with E-state index in [4.69, 9.17) is 4.74 Å². The zero-order valence-corrected chi connectivity index (χ0v) is 12.3. The van der Waals surface area contributed by atoms with Crippen molar-refractivity contribution >= 4 is 33.3 Å². The standard InChI is InChI=1S/C14H11FN2OS2/c1-18-12-3-2-10(15)6-9(12)7-20-14-11-4-5-19-13(11)16-8-17-14/h2-6,8H,7H2,1H3. The van der Waals surface area contributed by atoms with Crippen LogP contribution in [0.3, 0.4) is 0 Å². The minimum Gasteiger partial charge on any atom is -0.496 e. The number of thiophene rings is 1. The van der Waals surface area contributed by atoms with E-state index in [1.54, 1.807) is 42.6 Å². The summed E-state index contributed by atoms with van der Waals surface area (Å²) in [7, 11) is 1.59. The number of methoxy groups -OCH3 is 1. The topological polar surface area (TPSA) is 35.0 Å². The van der Waals surface area contributed by atoms with Crippen LogP contribution < -0.4 is 4.74 Å². The molecule has 0 radical (unpaired) electrons. The summed E-state index contributed by atoms with van der Waals surface area (Å²) in [4.78, 5) is 9.48. The van der Waals surface area contributed by atoms with E-state index in [0.29, 0.717) is 11.5 Å². The number of rotatable bonds is 4. The number of benzene rings is 1. The molecule has 0 saturated heterocycles. The van der Waals surface area contributed by atoms with Gasteiger partial charge >= 0.3 is 0 Å². The third kappa shape index (κ3) is 2.62. The highest BCUT2D eigenvalue weighted by Gasteiger charge is 2.09. The lowest BCUT2D eigenvalue weighted by molar-refractivity contribution is 0.410. The van der Waals surface area contributed by atoms with Crippen molar-refractivity contribution < 1.29 is 9.13 Å². The number of hydrogen-bond acceptors (Lipinski definition) is 5. The Hall–Kier alpha value is -1.66. The van der Waals surface area contributed by atoms with Gasteiger partial charge in [-0.2, -0.15) is 0 Å². The lowest BCUT2D eigenvalue weighted by Crippen LogP contribution is -1.92. The Morgan fingerprint density at radius 3 is 3.05 bits per heavy atom. The number of halogens is 1. The summed E-state index contributed by atoms with van der Waals surface area (Å²) in [5, 5.41) is 3.94. The third-order valence-corrected chi connectivity index (χ3v) is 4.71. The number of thioether (sulfide) groups is 1. The van der Waals surface area contributed by atoms with E-state index >= 15 is 0 Å². The van der Waals surface area contributed by atoms with Gasteiger partial charge in [-0.15, -0.1) is 23.1 Å². The van der Waals surface area contributed by atoms with Gasteiger partial charge in [-0.3, -0.25) is 0 Å². The largest absolute Gasteiger partial charge is 0.496 e. The van der Waals surface area contributed by atoms with E-state index < -0.39 is 0 Å². The first-order valence-corrected chi connectivity index (χ1v) is 7.78. The molecule has 0 N–H and O–H groups in total. The van der Waals surface area contributed by atoms with Crippen molar-refractivity contribution in [2.24, 2.45) is 0 Å². The van der Waals surface area contributed by atoms with Crippen LogP contribution >= 0.6 is 23.1 Å². The average Bonchev–Trinajstić information content (AvgIpc) is 2.94. The highest BCUT2D eigenvalue weighted by atomic mass is 32.2. The molecule has 0 fully saturated rings. The van der Waals surface area contributed by atoms with Gasteiger partial charge in [0.05, 0.1) is 7.11 Å². The van der Waals surface area contributed by atoms with Crippen LogP contribution in [0.15, 0.2) is 41.0 Å². The molecule has 3 nitrogen and oxygen atoms in total. The molecule has 0 unspecified atom stereocenters. The van der Waals surface area contributed by atoms with Gasteiger partial charge in [0.15, 0.2) is 0 Å². The predicted molar refractivity (Wildman–Crippen MR) is 79.9 cm³/mol. The van der Waals surface area contributed by atoms with Gasteiger partial charge in [-0.25, -0.2) is 14.4 Å². The normalized spacial score (nSPS) is 10.9. The van der Waals surface area contributed by atoms with Crippen LogP contribution in [-0.4, -0.2) is 17.1 Å². The molecule has 0 aliphatic heterocycles. The van der Waals surface area contributed by atoms with Crippen LogP contribution in [-0.2, 0) is 5.75 Å². The lowest BCUT2D eigenvalue weighted by Gasteiger charge is -2.08. The minimum absolute atomic E-state index is 0.259. The van der Waals surface area contributed by atoms with E-state index in [0.717, 1.165) is 20.8 Å². The summed E-state index contributed by atoms with van der Waals surface area (Å²) in [5.74, 6) is 1.03. The van der Waals surface area contributed by atoms with Crippen molar-refractivity contribution in [1.29, 1.82) is 0 Å². The lowest BCUT2D eigenvalue weighted by atomic mass is 10.2. The molecule has 3 rings (SSSR count). The van der Waals surface area contributed by atoms with E-state index in [9.17, 15) is 4.39 Å². The molecule has 0 spiro atoms. The summed E-state index contributed by atoms with van der Waals surface area (Å²) in [6.07, 6.45) is 1.56.